The van der Waals surface area contributed by atoms with E-state index in [0.29, 0.717) is 11.8 Å². The van der Waals surface area contributed by atoms with Crippen molar-refractivity contribution in [3.05, 3.63) is 0 Å². The smallest absolute Gasteiger partial charge is 0.300 e. The summed E-state index contributed by atoms with van der Waals surface area (Å²) in [6.07, 6.45) is 4.75. The molecule has 0 aromatic heterocycles. The molecule has 1 saturated carbocycles. The van der Waals surface area contributed by atoms with Crippen LogP contribution in [0.15, 0.2) is 0 Å². The van der Waals surface area contributed by atoms with Crippen molar-refractivity contribution in [3.63, 3.8) is 0 Å². The molecule has 1 aliphatic carbocycles. The molecule has 1 fully saturated rings. The molecule has 1 unspecified atom stereocenters. The maximum absolute atomic E-state index is 10.2. The second-order valence-corrected chi connectivity index (χ2v) is 3.23. The van der Waals surface area contributed by atoms with Gasteiger partial charge in [-0.1, -0.05) is 19.8 Å². The minimum atomic E-state index is -0.833. The molecular weight excluding hydrogens is 156 g/mol. The van der Waals surface area contributed by atoms with Crippen molar-refractivity contribution in [2.24, 2.45) is 11.8 Å². The molecule has 1 aliphatic rings. The van der Waals surface area contributed by atoms with Crippen LogP contribution >= 0.6 is 0 Å². The fourth-order valence-electron chi connectivity index (χ4n) is 1.38. The van der Waals surface area contributed by atoms with Crippen LogP contribution in [0, 0.1) is 11.8 Å². The van der Waals surface area contributed by atoms with Crippen LogP contribution in [0.1, 0.15) is 33.1 Å². The third-order valence-corrected chi connectivity index (χ3v) is 2.10. The summed E-state index contributed by atoms with van der Waals surface area (Å²) in [6, 6.07) is 0. The predicted molar refractivity (Wildman–Crippen MR) is 45.9 cm³/mol. The zero-order chi connectivity index (χ0) is 9.56. The summed E-state index contributed by atoms with van der Waals surface area (Å²) < 4.78 is 0. The third kappa shape index (κ3) is 4.88. The Morgan fingerprint density at radius 1 is 1.50 bits per heavy atom. The zero-order valence-corrected chi connectivity index (χ0v) is 7.62. The highest BCUT2D eigenvalue weighted by atomic mass is 16.4. The summed E-state index contributed by atoms with van der Waals surface area (Å²) >= 11 is 0. The van der Waals surface area contributed by atoms with Crippen LogP contribution in [-0.4, -0.2) is 17.4 Å². The van der Waals surface area contributed by atoms with Gasteiger partial charge in [-0.15, -0.1) is 0 Å². The Morgan fingerprint density at radius 2 is 2.00 bits per heavy atom. The maximum atomic E-state index is 10.2. The van der Waals surface area contributed by atoms with Crippen molar-refractivity contribution in [2.45, 2.75) is 33.1 Å². The quantitative estimate of drug-likeness (QED) is 0.612. The van der Waals surface area contributed by atoms with Crippen LogP contribution in [0.25, 0.3) is 0 Å². The molecule has 12 heavy (non-hydrogen) atoms. The second kappa shape index (κ2) is 5.75. The summed E-state index contributed by atoms with van der Waals surface area (Å²) in [6.45, 7) is 3.24. The highest BCUT2D eigenvalue weighted by Crippen LogP contribution is 2.28. The molecule has 0 radical (unpaired) electrons. The van der Waals surface area contributed by atoms with E-state index >= 15 is 0 Å². The molecule has 3 heteroatoms. The summed E-state index contributed by atoms with van der Waals surface area (Å²) in [4.78, 5) is 19.2. The molecule has 1 N–H and O–H groups in total. The lowest BCUT2D eigenvalue weighted by molar-refractivity contribution is -0.134. The SMILES string of the molecule is CC(=O)O.C[C@H]1CCCC1C=O. The largest absolute Gasteiger partial charge is 0.481 e. The van der Waals surface area contributed by atoms with Gasteiger partial charge in [0.2, 0.25) is 0 Å². The molecule has 0 aromatic rings. The molecule has 0 heterocycles. The summed E-state index contributed by atoms with van der Waals surface area (Å²) in [5, 5.41) is 7.42. The van der Waals surface area contributed by atoms with Crippen LogP contribution in [0.5, 0.6) is 0 Å². The number of aliphatic carboxylic acids is 1. The highest BCUT2D eigenvalue weighted by Gasteiger charge is 2.21. The van der Waals surface area contributed by atoms with Crippen LogP contribution in [0.2, 0.25) is 0 Å². The number of carboxylic acid groups (broad SMARTS) is 1. The lowest BCUT2D eigenvalue weighted by Gasteiger charge is -2.03. The lowest BCUT2D eigenvalue weighted by atomic mass is 10.0. The van der Waals surface area contributed by atoms with E-state index in [1.165, 1.54) is 12.8 Å². The van der Waals surface area contributed by atoms with Gasteiger partial charge >= 0.3 is 0 Å². The van der Waals surface area contributed by atoms with Crippen molar-refractivity contribution in [1.82, 2.24) is 0 Å². The molecule has 0 aromatic carbocycles. The Kier molecular flexibility index (Phi) is 5.34. The number of hydrogen-bond donors (Lipinski definition) is 1. The summed E-state index contributed by atoms with van der Waals surface area (Å²) in [5.74, 6) is 0.211. The minimum absolute atomic E-state index is 0.384. The van der Waals surface area contributed by atoms with E-state index < -0.39 is 5.97 Å². The number of carbonyl (C=O) groups is 2. The van der Waals surface area contributed by atoms with E-state index in [4.69, 9.17) is 9.90 Å². The van der Waals surface area contributed by atoms with E-state index in [1.54, 1.807) is 0 Å². The molecule has 2 atom stereocenters. The summed E-state index contributed by atoms with van der Waals surface area (Å²) in [5.41, 5.74) is 0. The number of aldehydes is 1. The van der Waals surface area contributed by atoms with Crippen molar-refractivity contribution >= 4 is 12.3 Å². The standard InChI is InChI=1S/C7H12O.C2H4O2/c1-6-3-2-4-7(6)5-8;1-2(3)4/h5-7H,2-4H2,1H3;1H3,(H,3,4)/t6-,7?;/m0./s1. The minimum Gasteiger partial charge on any atom is -0.481 e. The molecule has 0 saturated heterocycles. The predicted octanol–water partition coefficient (Wildman–Crippen LogP) is 1.71. The summed E-state index contributed by atoms with van der Waals surface area (Å²) in [7, 11) is 0. The first kappa shape index (κ1) is 11.1. The Hall–Kier alpha value is -0.860. The molecule has 0 aliphatic heterocycles. The normalized spacial score (nSPS) is 27.2. The lowest BCUT2D eigenvalue weighted by Crippen LogP contribution is -2.03. The monoisotopic (exact) mass is 172 g/mol. The van der Waals surface area contributed by atoms with Crippen molar-refractivity contribution < 1.29 is 14.7 Å². The van der Waals surface area contributed by atoms with Gasteiger partial charge in [0.1, 0.15) is 6.29 Å². The van der Waals surface area contributed by atoms with Gasteiger partial charge in [-0.3, -0.25) is 4.79 Å². The molecule has 70 valence electrons. The van der Waals surface area contributed by atoms with Crippen molar-refractivity contribution in [2.75, 3.05) is 0 Å². The van der Waals surface area contributed by atoms with Crippen LogP contribution in [-0.2, 0) is 9.59 Å². The average Bonchev–Trinajstić information content (AvgIpc) is 2.33. The zero-order valence-electron chi connectivity index (χ0n) is 7.62. The van der Waals surface area contributed by atoms with Crippen molar-refractivity contribution in [3.8, 4) is 0 Å². The Labute approximate surface area is 72.8 Å². The fraction of sp³-hybridized carbons (Fsp3) is 0.778. The van der Waals surface area contributed by atoms with E-state index in [0.717, 1.165) is 19.6 Å². The topological polar surface area (TPSA) is 54.4 Å². The van der Waals surface area contributed by atoms with Crippen LogP contribution in [0.4, 0.5) is 0 Å². The maximum Gasteiger partial charge on any atom is 0.300 e. The number of carboxylic acids is 1. The molecular formula is C9H16O3. The molecule has 1 rings (SSSR count). The van der Waals surface area contributed by atoms with Gasteiger partial charge in [-0.2, -0.15) is 0 Å². The van der Waals surface area contributed by atoms with E-state index in [9.17, 15) is 4.79 Å². The van der Waals surface area contributed by atoms with Gasteiger partial charge in [0.25, 0.3) is 5.97 Å². The third-order valence-electron chi connectivity index (χ3n) is 2.10. The Bertz CT molecular complexity index is 150. The highest BCUT2D eigenvalue weighted by molar-refractivity contribution is 5.62. The molecule has 3 nitrogen and oxygen atoms in total. The second-order valence-electron chi connectivity index (χ2n) is 3.23. The van der Waals surface area contributed by atoms with E-state index in [2.05, 4.69) is 6.92 Å². The van der Waals surface area contributed by atoms with Crippen molar-refractivity contribution in [1.29, 1.82) is 0 Å². The average molecular weight is 172 g/mol. The first-order chi connectivity index (χ1) is 5.57. The molecule has 0 bridgehead atoms. The van der Waals surface area contributed by atoms with E-state index in [-0.39, 0.29) is 0 Å². The first-order valence-corrected chi connectivity index (χ1v) is 4.22. The van der Waals surface area contributed by atoms with Crippen LogP contribution < -0.4 is 0 Å². The first-order valence-electron chi connectivity index (χ1n) is 4.22. The number of carbonyl (C=O) groups excluding carboxylic acids is 1. The molecule has 0 amide bonds. The molecule has 0 spiro atoms. The van der Waals surface area contributed by atoms with Gasteiger partial charge in [0, 0.05) is 12.8 Å². The van der Waals surface area contributed by atoms with E-state index in [1.807, 2.05) is 0 Å². The van der Waals surface area contributed by atoms with Gasteiger partial charge < -0.3 is 9.90 Å². The van der Waals surface area contributed by atoms with Crippen LogP contribution in [0.3, 0.4) is 0 Å². The van der Waals surface area contributed by atoms with Gasteiger partial charge in [-0.25, -0.2) is 0 Å². The number of rotatable bonds is 1. The van der Waals surface area contributed by atoms with Gasteiger partial charge in [-0.05, 0) is 12.3 Å². The Morgan fingerprint density at radius 3 is 2.17 bits per heavy atom. The Balaban J connectivity index is 0.000000261. The fourth-order valence-corrected chi connectivity index (χ4v) is 1.38. The van der Waals surface area contributed by atoms with Gasteiger partial charge in [0.05, 0.1) is 0 Å². The number of hydrogen-bond acceptors (Lipinski definition) is 2. The van der Waals surface area contributed by atoms with Gasteiger partial charge in [0.15, 0.2) is 0 Å².